The average Bonchev–Trinajstić information content (AvgIpc) is 2.43. The monoisotopic (exact) mass is 279 g/mol. The highest BCUT2D eigenvalue weighted by Gasteiger charge is 2.21. The molecule has 1 aromatic rings. The van der Waals surface area contributed by atoms with Gasteiger partial charge < -0.3 is 14.2 Å². The number of ether oxygens (including phenoxy) is 3. The highest BCUT2D eigenvalue weighted by molar-refractivity contribution is 5.20. The Bertz CT molecular complexity index is 361. The van der Waals surface area contributed by atoms with E-state index in [0.29, 0.717) is 25.4 Å². The lowest BCUT2D eigenvalue weighted by Gasteiger charge is -2.35. The first kappa shape index (κ1) is 15.3. The first-order valence-electron chi connectivity index (χ1n) is 7.37. The number of rotatable bonds is 7. The van der Waals surface area contributed by atoms with E-state index < -0.39 is 0 Å². The summed E-state index contributed by atoms with van der Waals surface area (Å²) in [5.74, 6) is 0.895. The third kappa shape index (κ3) is 5.49. The second-order valence-corrected chi connectivity index (χ2v) is 5.29. The molecule has 0 aliphatic carbocycles. The average molecular weight is 279 g/mol. The third-order valence-corrected chi connectivity index (χ3v) is 3.29. The van der Waals surface area contributed by atoms with Crippen LogP contribution in [0.3, 0.4) is 0 Å². The van der Waals surface area contributed by atoms with Crippen molar-refractivity contribution in [2.45, 2.75) is 26.1 Å². The number of morpholine rings is 1. The molecule has 112 valence electrons. The van der Waals surface area contributed by atoms with Crippen LogP contribution in [0.2, 0.25) is 0 Å². The number of para-hydroxylation sites is 1. The van der Waals surface area contributed by atoms with E-state index in [2.05, 4.69) is 18.7 Å². The molecule has 0 saturated carbocycles. The highest BCUT2D eigenvalue weighted by atomic mass is 16.5. The molecule has 20 heavy (non-hydrogen) atoms. The fourth-order valence-electron chi connectivity index (χ4n) is 2.50. The zero-order chi connectivity index (χ0) is 14.2. The van der Waals surface area contributed by atoms with Crippen LogP contribution in [0.1, 0.15) is 13.8 Å². The van der Waals surface area contributed by atoms with Crippen LogP contribution in [0.4, 0.5) is 0 Å². The van der Waals surface area contributed by atoms with E-state index >= 15 is 0 Å². The summed E-state index contributed by atoms with van der Waals surface area (Å²) in [5.41, 5.74) is 0. The van der Waals surface area contributed by atoms with E-state index in [4.69, 9.17) is 14.2 Å². The minimum absolute atomic E-state index is 0.320. The molecule has 1 aliphatic rings. The maximum Gasteiger partial charge on any atom is 0.119 e. The van der Waals surface area contributed by atoms with Crippen LogP contribution >= 0.6 is 0 Å². The zero-order valence-corrected chi connectivity index (χ0v) is 12.5. The quantitative estimate of drug-likeness (QED) is 0.716. The summed E-state index contributed by atoms with van der Waals surface area (Å²) in [6.45, 7) is 9.17. The van der Waals surface area contributed by atoms with Crippen LogP contribution in [0.15, 0.2) is 30.3 Å². The number of hydrogen-bond donors (Lipinski definition) is 0. The molecule has 1 saturated heterocycles. The summed E-state index contributed by atoms with van der Waals surface area (Å²) in [6.07, 6.45) is 0.639. The second kappa shape index (κ2) is 8.25. The van der Waals surface area contributed by atoms with Crippen molar-refractivity contribution in [2.75, 3.05) is 39.5 Å². The standard InChI is InChI=1S/C16H25NO3/c1-14-12-17(13-15(2)20-14)8-9-18-10-11-19-16-6-4-3-5-7-16/h3-7,14-15H,8-13H2,1-2H3/t14-,15-/m0/s1. The lowest BCUT2D eigenvalue weighted by Crippen LogP contribution is -2.46. The molecule has 0 spiro atoms. The van der Waals surface area contributed by atoms with Gasteiger partial charge in [-0.1, -0.05) is 18.2 Å². The topological polar surface area (TPSA) is 30.9 Å². The van der Waals surface area contributed by atoms with Crippen LogP contribution in [-0.2, 0) is 9.47 Å². The van der Waals surface area contributed by atoms with E-state index in [1.165, 1.54) is 0 Å². The van der Waals surface area contributed by atoms with Crippen molar-refractivity contribution < 1.29 is 14.2 Å². The van der Waals surface area contributed by atoms with Crippen molar-refractivity contribution in [3.05, 3.63) is 30.3 Å². The summed E-state index contributed by atoms with van der Waals surface area (Å²) in [7, 11) is 0. The molecule has 0 amide bonds. The van der Waals surface area contributed by atoms with E-state index in [9.17, 15) is 0 Å². The summed E-state index contributed by atoms with van der Waals surface area (Å²) in [4.78, 5) is 2.40. The third-order valence-electron chi connectivity index (χ3n) is 3.29. The highest BCUT2D eigenvalue weighted by Crippen LogP contribution is 2.10. The first-order valence-corrected chi connectivity index (χ1v) is 7.37. The van der Waals surface area contributed by atoms with Gasteiger partial charge in [0.05, 0.1) is 25.4 Å². The van der Waals surface area contributed by atoms with Crippen molar-refractivity contribution in [2.24, 2.45) is 0 Å². The summed E-state index contributed by atoms with van der Waals surface area (Å²) < 4.78 is 16.9. The summed E-state index contributed by atoms with van der Waals surface area (Å²) >= 11 is 0. The number of benzene rings is 1. The molecule has 0 aromatic heterocycles. The van der Waals surface area contributed by atoms with Crippen LogP contribution in [0, 0.1) is 0 Å². The lowest BCUT2D eigenvalue weighted by molar-refractivity contribution is -0.0734. The van der Waals surface area contributed by atoms with Gasteiger partial charge in [-0.15, -0.1) is 0 Å². The summed E-state index contributed by atoms with van der Waals surface area (Å²) in [5, 5.41) is 0. The van der Waals surface area contributed by atoms with Gasteiger partial charge in [-0.3, -0.25) is 4.90 Å². The van der Waals surface area contributed by atoms with E-state index in [0.717, 1.165) is 32.0 Å². The van der Waals surface area contributed by atoms with Crippen LogP contribution in [0.25, 0.3) is 0 Å². The van der Waals surface area contributed by atoms with Gasteiger partial charge in [-0.2, -0.15) is 0 Å². The smallest absolute Gasteiger partial charge is 0.119 e. The largest absolute Gasteiger partial charge is 0.491 e. The molecular formula is C16H25NO3. The van der Waals surface area contributed by atoms with Gasteiger partial charge in [0.25, 0.3) is 0 Å². The van der Waals surface area contributed by atoms with Gasteiger partial charge in [0.1, 0.15) is 12.4 Å². The molecule has 4 nitrogen and oxygen atoms in total. The van der Waals surface area contributed by atoms with Crippen LogP contribution in [0.5, 0.6) is 5.75 Å². The summed E-state index contributed by atoms with van der Waals surface area (Å²) in [6, 6.07) is 9.83. The molecule has 1 aliphatic heterocycles. The Morgan fingerprint density at radius 2 is 1.75 bits per heavy atom. The molecule has 0 bridgehead atoms. The Labute approximate surface area is 121 Å². The minimum atomic E-state index is 0.320. The van der Waals surface area contributed by atoms with Gasteiger partial charge in [-0.05, 0) is 26.0 Å². The Kier molecular flexibility index (Phi) is 6.30. The second-order valence-electron chi connectivity index (χ2n) is 5.29. The number of nitrogens with zero attached hydrogens (tertiary/aromatic N) is 1. The molecule has 2 rings (SSSR count). The normalized spacial score (nSPS) is 23.7. The van der Waals surface area contributed by atoms with Crippen LogP contribution < -0.4 is 4.74 Å². The van der Waals surface area contributed by atoms with E-state index in [1.807, 2.05) is 30.3 Å². The predicted molar refractivity (Wildman–Crippen MR) is 79.2 cm³/mol. The predicted octanol–water partition coefficient (Wildman–Crippen LogP) is 2.19. The molecular weight excluding hydrogens is 254 g/mol. The molecule has 0 unspecified atom stereocenters. The zero-order valence-electron chi connectivity index (χ0n) is 12.5. The molecule has 0 radical (unpaired) electrons. The van der Waals surface area contributed by atoms with Gasteiger partial charge in [-0.25, -0.2) is 0 Å². The van der Waals surface area contributed by atoms with Gasteiger partial charge >= 0.3 is 0 Å². The SMILES string of the molecule is C[C@H]1CN(CCOCCOc2ccccc2)C[C@H](C)O1. The van der Waals surface area contributed by atoms with Crippen molar-refractivity contribution in [3.63, 3.8) is 0 Å². The van der Waals surface area contributed by atoms with Crippen molar-refractivity contribution in [3.8, 4) is 5.75 Å². The van der Waals surface area contributed by atoms with Gasteiger partial charge in [0.2, 0.25) is 0 Å². The van der Waals surface area contributed by atoms with Crippen molar-refractivity contribution in [1.82, 2.24) is 4.90 Å². The van der Waals surface area contributed by atoms with Gasteiger partial charge in [0, 0.05) is 19.6 Å². The molecule has 1 fully saturated rings. The molecule has 1 heterocycles. The molecule has 4 heteroatoms. The fraction of sp³-hybridized carbons (Fsp3) is 0.625. The Morgan fingerprint density at radius 1 is 1.05 bits per heavy atom. The van der Waals surface area contributed by atoms with Crippen molar-refractivity contribution in [1.29, 1.82) is 0 Å². The van der Waals surface area contributed by atoms with Crippen LogP contribution in [-0.4, -0.2) is 56.6 Å². The molecule has 0 N–H and O–H groups in total. The maximum atomic E-state index is 5.71. The maximum absolute atomic E-state index is 5.71. The van der Waals surface area contributed by atoms with Crippen molar-refractivity contribution >= 4 is 0 Å². The van der Waals surface area contributed by atoms with E-state index in [1.54, 1.807) is 0 Å². The molecule has 2 atom stereocenters. The Morgan fingerprint density at radius 3 is 2.45 bits per heavy atom. The molecule has 1 aromatic carbocycles. The minimum Gasteiger partial charge on any atom is -0.491 e. The van der Waals surface area contributed by atoms with E-state index in [-0.39, 0.29) is 0 Å². The van der Waals surface area contributed by atoms with Gasteiger partial charge in [0.15, 0.2) is 0 Å². The Balaban J connectivity index is 1.51. The Hall–Kier alpha value is -1.10. The fourth-order valence-corrected chi connectivity index (χ4v) is 2.50. The lowest BCUT2D eigenvalue weighted by atomic mass is 10.2. The first-order chi connectivity index (χ1) is 9.74. The number of hydrogen-bond acceptors (Lipinski definition) is 4.